The predicted octanol–water partition coefficient (Wildman–Crippen LogP) is 5.06. The molecule has 1 aliphatic rings. The molecule has 0 fully saturated rings. The molecular weight excluding hydrogens is 470 g/mol. The van der Waals surface area contributed by atoms with Crippen molar-refractivity contribution >= 4 is 22.6 Å². The molecule has 0 unspecified atom stereocenters. The molecule has 0 radical (unpaired) electrons. The number of benzene rings is 1. The summed E-state index contributed by atoms with van der Waals surface area (Å²) in [7, 11) is 3.17. The van der Waals surface area contributed by atoms with Crippen LogP contribution < -0.4 is 19.5 Å². The van der Waals surface area contributed by atoms with E-state index in [-0.39, 0.29) is 17.9 Å². The number of fused-ring (bicyclic) bond motifs is 2. The molecule has 0 saturated heterocycles. The maximum Gasteiger partial charge on any atom is 0.231 e. The molecule has 9 heteroatoms. The molecule has 3 aromatic heterocycles. The first-order valence-corrected chi connectivity index (χ1v) is 12.3. The number of carbonyl (C=O) groups excluding carboxylic acids is 1. The van der Waals surface area contributed by atoms with Crippen molar-refractivity contribution in [2.75, 3.05) is 19.5 Å². The number of hydrogen-bond donors (Lipinski definition) is 1. The zero-order valence-corrected chi connectivity index (χ0v) is 21.8. The minimum Gasteiger partial charge on any atom is -0.497 e. The number of aryl methyl sites for hydroxylation is 1. The molecule has 192 valence electrons. The first kappa shape index (κ1) is 24.5. The maximum absolute atomic E-state index is 13.1. The Morgan fingerprint density at radius 1 is 1.03 bits per heavy atom. The van der Waals surface area contributed by atoms with E-state index in [0.29, 0.717) is 22.9 Å². The van der Waals surface area contributed by atoms with Crippen LogP contribution in [0.3, 0.4) is 0 Å². The Kier molecular flexibility index (Phi) is 6.45. The molecule has 0 spiro atoms. The van der Waals surface area contributed by atoms with E-state index in [4.69, 9.17) is 19.3 Å². The van der Waals surface area contributed by atoms with E-state index in [1.54, 1.807) is 38.7 Å². The van der Waals surface area contributed by atoms with Crippen LogP contribution in [-0.4, -0.2) is 39.9 Å². The Balaban J connectivity index is 1.35. The highest BCUT2D eigenvalue weighted by molar-refractivity contribution is 5.92. The normalized spacial score (nSPS) is 12.9. The van der Waals surface area contributed by atoms with Crippen LogP contribution in [0.1, 0.15) is 44.1 Å². The van der Waals surface area contributed by atoms with Crippen molar-refractivity contribution in [2.45, 2.75) is 52.0 Å². The average molecular weight is 502 g/mol. The number of pyridine rings is 2. The second-order valence-corrected chi connectivity index (χ2v) is 10.0. The number of anilines is 1. The van der Waals surface area contributed by atoms with Gasteiger partial charge >= 0.3 is 0 Å². The van der Waals surface area contributed by atoms with Gasteiger partial charge in [-0.15, -0.1) is 0 Å². The Bertz CT molecular complexity index is 1470. The van der Waals surface area contributed by atoms with Gasteiger partial charge in [-0.3, -0.25) is 14.8 Å². The molecule has 1 N–H and O–H groups in total. The molecule has 37 heavy (non-hydrogen) atoms. The lowest BCUT2D eigenvalue weighted by molar-refractivity contribution is -0.115. The highest BCUT2D eigenvalue weighted by Crippen LogP contribution is 2.34. The summed E-state index contributed by atoms with van der Waals surface area (Å²) < 4.78 is 18.9. The number of ether oxygens (including phenoxy) is 3. The number of methoxy groups -OCH3 is 2. The van der Waals surface area contributed by atoms with Gasteiger partial charge in [-0.05, 0) is 58.2 Å². The van der Waals surface area contributed by atoms with Crippen molar-refractivity contribution in [3.8, 4) is 23.0 Å². The monoisotopic (exact) mass is 501 g/mol. The lowest BCUT2D eigenvalue weighted by atomic mass is 10.1. The number of rotatable bonds is 7. The molecule has 1 aliphatic carbocycles. The number of amides is 1. The summed E-state index contributed by atoms with van der Waals surface area (Å²) in [4.78, 5) is 22.0. The van der Waals surface area contributed by atoms with Crippen molar-refractivity contribution in [2.24, 2.45) is 0 Å². The smallest absolute Gasteiger partial charge is 0.231 e. The van der Waals surface area contributed by atoms with E-state index in [0.717, 1.165) is 53.0 Å². The Labute approximate surface area is 215 Å². The van der Waals surface area contributed by atoms with Crippen LogP contribution in [0.4, 0.5) is 5.82 Å². The summed E-state index contributed by atoms with van der Waals surface area (Å²) in [6, 6.07) is 9.14. The van der Waals surface area contributed by atoms with Gasteiger partial charge in [-0.1, -0.05) is 0 Å². The van der Waals surface area contributed by atoms with E-state index in [9.17, 15) is 4.79 Å². The number of hydrogen-bond acceptors (Lipinski definition) is 7. The zero-order chi connectivity index (χ0) is 26.2. The van der Waals surface area contributed by atoms with E-state index >= 15 is 0 Å². The summed E-state index contributed by atoms with van der Waals surface area (Å²) in [5.41, 5.74) is 3.24. The summed E-state index contributed by atoms with van der Waals surface area (Å²) in [6.07, 6.45) is 6.26. The van der Waals surface area contributed by atoms with Gasteiger partial charge < -0.3 is 19.5 Å². The molecule has 0 atom stereocenters. The van der Waals surface area contributed by atoms with Crippen molar-refractivity contribution in [1.82, 2.24) is 19.7 Å². The number of aromatic nitrogens is 4. The highest BCUT2D eigenvalue weighted by atomic mass is 16.5. The summed E-state index contributed by atoms with van der Waals surface area (Å²) in [6.45, 7) is 6.24. The maximum atomic E-state index is 13.1. The van der Waals surface area contributed by atoms with E-state index in [1.807, 2.05) is 22.9 Å². The molecule has 0 saturated carbocycles. The lowest BCUT2D eigenvalue weighted by Gasteiger charge is -2.23. The lowest BCUT2D eigenvalue weighted by Crippen LogP contribution is -2.28. The van der Waals surface area contributed by atoms with Crippen LogP contribution in [0.15, 0.2) is 42.7 Å². The second-order valence-electron chi connectivity index (χ2n) is 10.0. The topological polar surface area (TPSA) is 100 Å². The van der Waals surface area contributed by atoms with Gasteiger partial charge in [0.15, 0.2) is 0 Å². The molecule has 9 nitrogen and oxygen atoms in total. The van der Waals surface area contributed by atoms with Crippen molar-refractivity contribution in [3.05, 3.63) is 59.7 Å². The minimum atomic E-state index is -0.246. The summed E-state index contributed by atoms with van der Waals surface area (Å²) >= 11 is 0. The van der Waals surface area contributed by atoms with Crippen LogP contribution in [0.5, 0.6) is 23.0 Å². The number of nitrogens with zero attached hydrogens (tertiary/aromatic N) is 4. The van der Waals surface area contributed by atoms with Gasteiger partial charge in [-0.25, -0.2) is 4.68 Å². The zero-order valence-electron chi connectivity index (χ0n) is 21.8. The fraction of sp³-hybridized carbons (Fsp3) is 0.357. The molecule has 1 aromatic carbocycles. The largest absolute Gasteiger partial charge is 0.497 e. The number of carbonyl (C=O) groups is 1. The van der Waals surface area contributed by atoms with Gasteiger partial charge in [0, 0.05) is 29.3 Å². The van der Waals surface area contributed by atoms with Gasteiger partial charge in [-0.2, -0.15) is 5.10 Å². The number of nitrogens with one attached hydrogen (secondary N) is 1. The molecular formula is C28H31N5O4. The molecule has 5 rings (SSSR count). The van der Waals surface area contributed by atoms with Crippen LogP contribution in [0, 0.1) is 0 Å². The van der Waals surface area contributed by atoms with Crippen molar-refractivity contribution in [1.29, 1.82) is 0 Å². The third-order valence-electron chi connectivity index (χ3n) is 6.39. The standard InChI is InChI=1S/C28H31N5O4/c1-28(2,3)33-27(20-7-6-8-21(20)32-33)31-26(34)15-23-25(36-5)14-18(16-30-23)37-24-11-12-29-22-13-17(35-4)9-10-19(22)24/h9-14,16H,6-8,15H2,1-5H3,(H,31,34). The highest BCUT2D eigenvalue weighted by Gasteiger charge is 2.28. The van der Waals surface area contributed by atoms with Gasteiger partial charge in [0.25, 0.3) is 0 Å². The molecule has 1 amide bonds. The van der Waals surface area contributed by atoms with E-state index in [2.05, 4.69) is 36.1 Å². The fourth-order valence-corrected chi connectivity index (χ4v) is 4.60. The Hall–Kier alpha value is -4.14. The summed E-state index contributed by atoms with van der Waals surface area (Å²) in [5.74, 6) is 2.93. The fourth-order valence-electron chi connectivity index (χ4n) is 4.60. The quantitative estimate of drug-likeness (QED) is 0.378. The van der Waals surface area contributed by atoms with E-state index < -0.39 is 0 Å². The third-order valence-corrected chi connectivity index (χ3v) is 6.39. The summed E-state index contributed by atoms with van der Waals surface area (Å²) in [5, 5.41) is 8.71. The van der Waals surface area contributed by atoms with Crippen molar-refractivity contribution < 1.29 is 19.0 Å². The minimum absolute atomic E-state index is 0.0610. The van der Waals surface area contributed by atoms with Crippen molar-refractivity contribution in [3.63, 3.8) is 0 Å². The SMILES string of the molecule is COc1ccc2c(Oc3cnc(CC(=O)Nc4c5c(nn4C(C)(C)C)CCC5)c(OC)c3)ccnc2c1. The molecule has 3 heterocycles. The van der Waals surface area contributed by atoms with Gasteiger partial charge in [0.05, 0.1) is 49.3 Å². The van der Waals surface area contributed by atoms with Gasteiger partial charge in [0.2, 0.25) is 5.91 Å². The first-order valence-electron chi connectivity index (χ1n) is 12.3. The van der Waals surface area contributed by atoms with Crippen LogP contribution in [0.25, 0.3) is 10.9 Å². The predicted molar refractivity (Wildman–Crippen MR) is 141 cm³/mol. The van der Waals surface area contributed by atoms with Crippen LogP contribution in [-0.2, 0) is 29.6 Å². The Morgan fingerprint density at radius 2 is 1.86 bits per heavy atom. The molecule has 4 aromatic rings. The first-order chi connectivity index (χ1) is 17.8. The molecule has 0 bridgehead atoms. The van der Waals surface area contributed by atoms with Crippen LogP contribution in [0.2, 0.25) is 0 Å². The second kappa shape index (κ2) is 9.72. The van der Waals surface area contributed by atoms with Gasteiger partial charge in [0.1, 0.15) is 28.8 Å². The average Bonchev–Trinajstić information content (AvgIpc) is 3.47. The van der Waals surface area contributed by atoms with E-state index in [1.165, 1.54) is 0 Å². The Morgan fingerprint density at radius 3 is 2.62 bits per heavy atom. The van der Waals surface area contributed by atoms with Crippen LogP contribution >= 0.6 is 0 Å². The third kappa shape index (κ3) is 4.94. The molecule has 0 aliphatic heterocycles.